The first-order chi connectivity index (χ1) is 4.46. The standard InChI is InChI=1S/C8H12O2/c1-5(7(3)9)6(2)8(4)10/h9-10H,3-4H2,1-2H3/b6-5-. The van der Waals surface area contributed by atoms with Crippen LogP contribution in [0.4, 0.5) is 0 Å². The Bertz CT molecular complexity index is 177. The van der Waals surface area contributed by atoms with Crippen molar-refractivity contribution in [1.82, 2.24) is 0 Å². The van der Waals surface area contributed by atoms with Crippen molar-refractivity contribution >= 4 is 0 Å². The summed E-state index contributed by atoms with van der Waals surface area (Å²) in [6.07, 6.45) is 0. The van der Waals surface area contributed by atoms with Gasteiger partial charge in [-0.3, -0.25) is 0 Å². The van der Waals surface area contributed by atoms with Crippen LogP contribution in [-0.4, -0.2) is 10.2 Å². The monoisotopic (exact) mass is 140 g/mol. The highest BCUT2D eigenvalue weighted by atomic mass is 16.3. The number of aliphatic hydroxyl groups is 2. The molecule has 0 bridgehead atoms. The first-order valence-electron chi connectivity index (χ1n) is 2.90. The van der Waals surface area contributed by atoms with E-state index in [1.807, 2.05) is 0 Å². The summed E-state index contributed by atoms with van der Waals surface area (Å²) >= 11 is 0. The highest BCUT2D eigenvalue weighted by Gasteiger charge is 2.00. The smallest absolute Gasteiger partial charge is 0.111 e. The molecule has 0 atom stereocenters. The van der Waals surface area contributed by atoms with Crippen molar-refractivity contribution in [2.75, 3.05) is 0 Å². The van der Waals surface area contributed by atoms with E-state index < -0.39 is 0 Å². The Kier molecular flexibility index (Phi) is 2.74. The molecule has 0 radical (unpaired) electrons. The summed E-state index contributed by atoms with van der Waals surface area (Å²) in [7, 11) is 0. The highest BCUT2D eigenvalue weighted by molar-refractivity contribution is 5.33. The van der Waals surface area contributed by atoms with E-state index >= 15 is 0 Å². The van der Waals surface area contributed by atoms with Crippen LogP contribution in [0.3, 0.4) is 0 Å². The van der Waals surface area contributed by atoms with Gasteiger partial charge >= 0.3 is 0 Å². The van der Waals surface area contributed by atoms with E-state index in [-0.39, 0.29) is 11.5 Å². The van der Waals surface area contributed by atoms with Crippen LogP contribution in [0.5, 0.6) is 0 Å². The highest BCUT2D eigenvalue weighted by Crippen LogP contribution is 2.13. The molecule has 0 amide bonds. The molecule has 0 saturated carbocycles. The average molecular weight is 140 g/mol. The van der Waals surface area contributed by atoms with E-state index in [4.69, 9.17) is 10.2 Å². The number of hydrogen-bond acceptors (Lipinski definition) is 2. The minimum Gasteiger partial charge on any atom is -0.508 e. The van der Waals surface area contributed by atoms with Gasteiger partial charge in [0.25, 0.3) is 0 Å². The molecule has 56 valence electrons. The average Bonchev–Trinajstić information content (AvgIpc) is 1.84. The molecule has 0 aliphatic carbocycles. The van der Waals surface area contributed by atoms with Crippen LogP contribution >= 0.6 is 0 Å². The lowest BCUT2D eigenvalue weighted by Crippen LogP contribution is -1.89. The van der Waals surface area contributed by atoms with Gasteiger partial charge < -0.3 is 10.2 Å². The Hall–Kier alpha value is -1.18. The van der Waals surface area contributed by atoms with Gasteiger partial charge in [0.1, 0.15) is 11.5 Å². The van der Waals surface area contributed by atoms with Gasteiger partial charge in [0.15, 0.2) is 0 Å². The third-order valence-corrected chi connectivity index (χ3v) is 1.43. The van der Waals surface area contributed by atoms with Crippen molar-refractivity contribution in [3.8, 4) is 0 Å². The second kappa shape index (κ2) is 3.11. The number of rotatable bonds is 2. The van der Waals surface area contributed by atoms with Crippen LogP contribution in [0.2, 0.25) is 0 Å². The van der Waals surface area contributed by atoms with E-state index in [2.05, 4.69) is 13.2 Å². The van der Waals surface area contributed by atoms with Gasteiger partial charge in [-0.25, -0.2) is 0 Å². The maximum Gasteiger partial charge on any atom is 0.111 e. The summed E-state index contributed by atoms with van der Waals surface area (Å²) in [6, 6.07) is 0. The quantitative estimate of drug-likeness (QED) is 0.457. The molecule has 0 aromatic rings. The zero-order chi connectivity index (χ0) is 8.31. The van der Waals surface area contributed by atoms with Crippen molar-refractivity contribution in [2.45, 2.75) is 13.8 Å². The molecular formula is C8H12O2. The fourth-order valence-corrected chi connectivity index (χ4v) is 0.433. The number of aliphatic hydroxyl groups excluding tert-OH is 2. The molecule has 0 aromatic carbocycles. The van der Waals surface area contributed by atoms with Crippen molar-refractivity contribution in [2.24, 2.45) is 0 Å². The number of hydrogen-bond donors (Lipinski definition) is 2. The molecule has 0 spiro atoms. The van der Waals surface area contributed by atoms with Crippen LogP contribution in [-0.2, 0) is 0 Å². The zero-order valence-corrected chi connectivity index (χ0v) is 6.31. The van der Waals surface area contributed by atoms with Crippen molar-refractivity contribution < 1.29 is 10.2 Å². The molecule has 0 aliphatic heterocycles. The molecule has 2 N–H and O–H groups in total. The predicted molar refractivity (Wildman–Crippen MR) is 41.9 cm³/mol. The lowest BCUT2D eigenvalue weighted by Gasteiger charge is -2.03. The summed E-state index contributed by atoms with van der Waals surface area (Å²) < 4.78 is 0. The summed E-state index contributed by atoms with van der Waals surface area (Å²) in [4.78, 5) is 0. The molecule has 0 heterocycles. The second-order valence-corrected chi connectivity index (χ2v) is 2.14. The predicted octanol–water partition coefficient (Wildman–Crippen LogP) is 2.47. The molecule has 0 aromatic heterocycles. The first kappa shape index (κ1) is 8.82. The van der Waals surface area contributed by atoms with Gasteiger partial charge in [0.2, 0.25) is 0 Å². The minimum absolute atomic E-state index is 0.0345. The third kappa shape index (κ3) is 1.97. The Morgan fingerprint density at radius 3 is 1.20 bits per heavy atom. The van der Waals surface area contributed by atoms with Gasteiger partial charge in [-0.05, 0) is 25.0 Å². The van der Waals surface area contributed by atoms with E-state index in [1.165, 1.54) is 0 Å². The van der Waals surface area contributed by atoms with Crippen LogP contribution in [0.25, 0.3) is 0 Å². The normalized spacial score (nSPS) is 12.2. The molecule has 0 unspecified atom stereocenters. The Morgan fingerprint density at radius 2 is 1.10 bits per heavy atom. The largest absolute Gasteiger partial charge is 0.508 e. The maximum absolute atomic E-state index is 8.84. The number of allylic oxidation sites excluding steroid dienone is 2. The van der Waals surface area contributed by atoms with E-state index in [1.54, 1.807) is 13.8 Å². The Morgan fingerprint density at radius 1 is 0.900 bits per heavy atom. The molecule has 0 fully saturated rings. The molecule has 2 heteroatoms. The molecule has 0 rings (SSSR count). The minimum atomic E-state index is -0.0345. The lowest BCUT2D eigenvalue weighted by molar-refractivity contribution is 0.410. The first-order valence-corrected chi connectivity index (χ1v) is 2.90. The van der Waals surface area contributed by atoms with Crippen molar-refractivity contribution in [3.63, 3.8) is 0 Å². The van der Waals surface area contributed by atoms with Crippen LogP contribution < -0.4 is 0 Å². The Balaban J connectivity index is 4.67. The maximum atomic E-state index is 8.84. The van der Waals surface area contributed by atoms with Gasteiger partial charge in [-0.15, -0.1) is 0 Å². The van der Waals surface area contributed by atoms with Crippen LogP contribution in [0, 0.1) is 0 Å². The third-order valence-electron chi connectivity index (χ3n) is 1.43. The molecular weight excluding hydrogens is 128 g/mol. The molecule has 0 saturated heterocycles. The lowest BCUT2D eigenvalue weighted by atomic mass is 10.1. The summed E-state index contributed by atoms with van der Waals surface area (Å²) in [6.45, 7) is 9.94. The van der Waals surface area contributed by atoms with Crippen molar-refractivity contribution in [3.05, 3.63) is 35.8 Å². The van der Waals surface area contributed by atoms with E-state index in [9.17, 15) is 0 Å². The summed E-state index contributed by atoms with van der Waals surface area (Å²) in [5.74, 6) is -0.0691. The van der Waals surface area contributed by atoms with Crippen LogP contribution in [0.15, 0.2) is 35.8 Å². The summed E-state index contributed by atoms with van der Waals surface area (Å²) in [5, 5.41) is 17.7. The van der Waals surface area contributed by atoms with E-state index in [0.29, 0.717) is 11.1 Å². The molecule has 10 heavy (non-hydrogen) atoms. The van der Waals surface area contributed by atoms with Gasteiger partial charge in [-0.2, -0.15) is 0 Å². The van der Waals surface area contributed by atoms with Gasteiger partial charge in [0, 0.05) is 0 Å². The topological polar surface area (TPSA) is 40.5 Å². The SMILES string of the molecule is C=C(O)/C(C)=C(/C)C(=C)O. The van der Waals surface area contributed by atoms with Crippen LogP contribution in [0.1, 0.15) is 13.8 Å². The fraction of sp³-hybridized carbons (Fsp3) is 0.250. The molecule has 2 nitrogen and oxygen atoms in total. The van der Waals surface area contributed by atoms with Crippen molar-refractivity contribution in [1.29, 1.82) is 0 Å². The van der Waals surface area contributed by atoms with E-state index in [0.717, 1.165) is 0 Å². The zero-order valence-electron chi connectivity index (χ0n) is 6.31. The summed E-state index contributed by atoms with van der Waals surface area (Å²) in [5.41, 5.74) is 1.13. The second-order valence-electron chi connectivity index (χ2n) is 2.14. The fourth-order valence-electron chi connectivity index (χ4n) is 0.433. The van der Waals surface area contributed by atoms with Gasteiger partial charge in [-0.1, -0.05) is 13.2 Å². The van der Waals surface area contributed by atoms with Gasteiger partial charge in [0.05, 0.1) is 0 Å². The molecule has 0 aliphatic rings. The Labute approximate surface area is 60.8 Å².